The highest BCUT2D eigenvalue weighted by Gasteiger charge is 2.27. The lowest BCUT2D eigenvalue weighted by Gasteiger charge is -2.09. The lowest BCUT2D eigenvalue weighted by atomic mass is 10.1. The summed E-state index contributed by atoms with van der Waals surface area (Å²) in [5, 5.41) is 4.90. The molecule has 0 aliphatic heterocycles. The standard InChI is InChI=1S/C22H28N2O2/c1-16(15-25-3)6-5-7-17(2)24-22(14-21(23-24)18-8-9-18)19-10-12-20(26-4)13-11-19/h6-7,10-14,18H,5,8-9,15H2,1-4H3/b16-6+,17-7+. The molecule has 0 radical (unpaired) electrons. The topological polar surface area (TPSA) is 36.3 Å². The summed E-state index contributed by atoms with van der Waals surface area (Å²) in [6.07, 6.45) is 7.80. The minimum absolute atomic E-state index is 0.630. The summed E-state index contributed by atoms with van der Waals surface area (Å²) in [6.45, 7) is 4.89. The van der Waals surface area contributed by atoms with Crippen LogP contribution in [0, 0.1) is 0 Å². The first-order valence-electron chi connectivity index (χ1n) is 9.18. The minimum Gasteiger partial charge on any atom is -0.497 e. The number of benzene rings is 1. The number of ether oxygens (including phenoxy) is 2. The Morgan fingerprint density at radius 1 is 1.15 bits per heavy atom. The van der Waals surface area contributed by atoms with Crippen molar-refractivity contribution in [1.29, 1.82) is 0 Å². The van der Waals surface area contributed by atoms with Crippen molar-refractivity contribution in [1.82, 2.24) is 9.78 Å². The van der Waals surface area contributed by atoms with Crippen LogP contribution in [0.3, 0.4) is 0 Å². The number of aromatic nitrogens is 2. The van der Waals surface area contributed by atoms with Gasteiger partial charge in [-0.25, -0.2) is 4.68 Å². The maximum absolute atomic E-state index is 5.28. The highest BCUT2D eigenvalue weighted by atomic mass is 16.5. The highest BCUT2D eigenvalue weighted by Crippen LogP contribution is 2.41. The predicted molar refractivity (Wildman–Crippen MR) is 106 cm³/mol. The Morgan fingerprint density at radius 3 is 2.50 bits per heavy atom. The molecule has 1 saturated carbocycles. The molecule has 0 atom stereocenters. The van der Waals surface area contributed by atoms with Crippen molar-refractivity contribution in [2.24, 2.45) is 0 Å². The van der Waals surface area contributed by atoms with E-state index in [2.05, 4.69) is 48.9 Å². The lowest BCUT2D eigenvalue weighted by molar-refractivity contribution is 0.225. The van der Waals surface area contributed by atoms with E-state index in [0.29, 0.717) is 12.5 Å². The van der Waals surface area contributed by atoms with E-state index in [1.165, 1.54) is 24.1 Å². The van der Waals surface area contributed by atoms with Crippen LogP contribution in [0.5, 0.6) is 5.75 Å². The fourth-order valence-corrected chi connectivity index (χ4v) is 3.02. The summed E-state index contributed by atoms with van der Waals surface area (Å²) < 4.78 is 12.5. The average molecular weight is 352 g/mol. The van der Waals surface area contributed by atoms with Crippen LogP contribution in [0.15, 0.2) is 48.1 Å². The zero-order valence-electron chi connectivity index (χ0n) is 16.2. The second-order valence-corrected chi connectivity index (χ2v) is 6.93. The molecular formula is C22H28N2O2. The van der Waals surface area contributed by atoms with Gasteiger partial charge >= 0.3 is 0 Å². The molecule has 0 N–H and O–H groups in total. The van der Waals surface area contributed by atoms with Gasteiger partial charge in [0, 0.05) is 24.3 Å². The molecule has 1 aromatic heterocycles. The number of hydrogen-bond donors (Lipinski definition) is 0. The van der Waals surface area contributed by atoms with Crippen molar-refractivity contribution in [2.45, 2.75) is 39.0 Å². The van der Waals surface area contributed by atoms with Crippen LogP contribution in [0.2, 0.25) is 0 Å². The van der Waals surface area contributed by atoms with Gasteiger partial charge in [0.15, 0.2) is 0 Å². The second-order valence-electron chi connectivity index (χ2n) is 6.93. The van der Waals surface area contributed by atoms with E-state index >= 15 is 0 Å². The molecule has 0 saturated heterocycles. The maximum Gasteiger partial charge on any atom is 0.118 e. The summed E-state index contributed by atoms with van der Waals surface area (Å²) in [5.74, 6) is 1.50. The van der Waals surface area contributed by atoms with Crippen molar-refractivity contribution in [3.63, 3.8) is 0 Å². The van der Waals surface area contributed by atoms with Crippen molar-refractivity contribution >= 4 is 5.70 Å². The van der Waals surface area contributed by atoms with E-state index in [9.17, 15) is 0 Å². The van der Waals surface area contributed by atoms with E-state index in [1.807, 2.05) is 12.1 Å². The zero-order valence-corrected chi connectivity index (χ0v) is 16.2. The highest BCUT2D eigenvalue weighted by molar-refractivity contribution is 5.66. The van der Waals surface area contributed by atoms with Crippen LogP contribution in [0.4, 0.5) is 0 Å². The molecule has 1 aromatic carbocycles. The maximum atomic E-state index is 5.28. The van der Waals surface area contributed by atoms with Crippen molar-refractivity contribution in [3.05, 3.63) is 53.8 Å². The predicted octanol–water partition coefficient (Wildman–Crippen LogP) is 5.28. The van der Waals surface area contributed by atoms with E-state index in [0.717, 1.165) is 29.1 Å². The third-order valence-electron chi connectivity index (χ3n) is 4.70. The fraction of sp³-hybridized carbons (Fsp3) is 0.409. The van der Waals surface area contributed by atoms with Crippen molar-refractivity contribution in [2.75, 3.05) is 20.8 Å². The quantitative estimate of drug-likeness (QED) is 0.607. The van der Waals surface area contributed by atoms with E-state index in [4.69, 9.17) is 14.6 Å². The zero-order chi connectivity index (χ0) is 18.5. The van der Waals surface area contributed by atoms with Crippen LogP contribution in [-0.4, -0.2) is 30.6 Å². The van der Waals surface area contributed by atoms with Gasteiger partial charge in [-0.1, -0.05) is 17.7 Å². The monoisotopic (exact) mass is 352 g/mol. The van der Waals surface area contributed by atoms with Gasteiger partial charge in [0.05, 0.1) is 25.1 Å². The number of allylic oxidation sites excluding steroid dienone is 3. The average Bonchev–Trinajstić information content (AvgIpc) is 3.40. The van der Waals surface area contributed by atoms with Crippen LogP contribution >= 0.6 is 0 Å². The summed E-state index contributed by atoms with van der Waals surface area (Å²) in [4.78, 5) is 0. The Labute approximate surface area is 156 Å². The number of rotatable bonds is 8. The molecule has 1 aliphatic carbocycles. The Hall–Kier alpha value is -2.33. The fourth-order valence-electron chi connectivity index (χ4n) is 3.02. The Balaban J connectivity index is 1.88. The molecule has 0 bridgehead atoms. The SMILES string of the molecule is COC/C(C)=C/C/C=C(\C)n1nc(C2CC2)cc1-c1ccc(OC)cc1. The smallest absolute Gasteiger partial charge is 0.118 e. The molecule has 0 amide bonds. The van der Waals surface area contributed by atoms with Crippen LogP contribution < -0.4 is 4.74 Å². The lowest BCUT2D eigenvalue weighted by Crippen LogP contribution is -1.99. The molecule has 3 rings (SSSR count). The van der Waals surface area contributed by atoms with Gasteiger partial charge in [0.1, 0.15) is 5.75 Å². The Bertz CT molecular complexity index is 796. The molecule has 138 valence electrons. The molecule has 0 spiro atoms. The molecule has 1 fully saturated rings. The van der Waals surface area contributed by atoms with Gasteiger partial charge in [-0.2, -0.15) is 5.10 Å². The summed E-state index contributed by atoms with van der Waals surface area (Å²) in [6, 6.07) is 10.4. The Kier molecular flexibility index (Phi) is 5.94. The molecule has 4 heteroatoms. The second kappa shape index (κ2) is 8.37. The van der Waals surface area contributed by atoms with E-state index in [1.54, 1.807) is 14.2 Å². The van der Waals surface area contributed by atoms with Gasteiger partial charge in [-0.3, -0.25) is 0 Å². The third-order valence-corrected chi connectivity index (χ3v) is 4.70. The molecule has 26 heavy (non-hydrogen) atoms. The van der Waals surface area contributed by atoms with Crippen molar-refractivity contribution < 1.29 is 9.47 Å². The van der Waals surface area contributed by atoms with Crippen LogP contribution in [0.25, 0.3) is 17.0 Å². The van der Waals surface area contributed by atoms with Crippen LogP contribution in [0.1, 0.15) is 44.7 Å². The Morgan fingerprint density at radius 2 is 1.88 bits per heavy atom. The largest absolute Gasteiger partial charge is 0.497 e. The summed E-state index contributed by atoms with van der Waals surface area (Å²) in [7, 11) is 3.42. The first-order chi connectivity index (χ1) is 12.6. The van der Waals surface area contributed by atoms with Gasteiger partial charge in [0.25, 0.3) is 0 Å². The molecular weight excluding hydrogens is 324 g/mol. The molecule has 1 aliphatic rings. The number of hydrogen-bond acceptors (Lipinski definition) is 3. The minimum atomic E-state index is 0.630. The van der Waals surface area contributed by atoms with Crippen LogP contribution in [-0.2, 0) is 4.74 Å². The van der Waals surface area contributed by atoms with Gasteiger partial charge in [-0.05, 0) is 63.4 Å². The molecule has 0 unspecified atom stereocenters. The van der Waals surface area contributed by atoms with E-state index < -0.39 is 0 Å². The number of nitrogens with zero attached hydrogens (tertiary/aromatic N) is 2. The van der Waals surface area contributed by atoms with Gasteiger partial charge in [-0.15, -0.1) is 0 Å². The van der Waals surface area contributed by atoms with Gasteiger partial charge in [0.2, 0.25) is 0 Å². The van der Waals surface area contributed by atoms with E-state index in [-0.39, 0.29) is 0 Å². The van der Waals surface area contributed by atoms with Gasteiger partial charge < -0.3 is 9.47 Å². The third kappa shape index (κ3) is 4.44. The first-order valence-corrected chi connectivity index (χ1v) is 9.18. The molecule has 2 aromatic rings. The normalized spacial score (nSPS) is 15.4. The molecule has 4 nitrogen and oxygen atoms in total. The van der Waals surface area contributed by atoms with Crippen molar-refractivity contribution in [3.8, 4) is 17.0 Å². The first kappa shape index (κ1) is 18.5. The number of methoxy groups -OCH3 is 2. The molecule has 1 heterocycles. The summed E-state index contributed by atoms with van der Waals surface area (Å²) in [5.41, 5.74) is 5.88. The summed E-state index contributed by atoms with van der Waals surface area (Å²) >= 11 is 0.